The second-order valence-electron chi connectivity index (χ2n) is 5.41. The minimum Gasteiger partial charge on any atom is -0.504 e. The number of thioether (sulfide) groups is 1. The third-order valence-electron chi connectivity index (χ3n) is 3.46. The van der Waals surface area contributed by atoms with Gasteiger partial charge in [-0.3, -0.25) is 4.79 Å². The fraction of sp³-hybridized carbons (Fsp3) is 0.125. The van der Waals surface area contributed by atoms with Gasteiger partial charge in [-0.05, 0) is 42.5 Å². The van der Waals surface area contributed by atoms with Crippen molar-refractivity contribution < 1.29 is 32.9 Å². The number of nitrogens with one attached hydrogen (secondary N) is 2. The van der Waals surface area contributed by atoms with Crippen LogP contribution in [0.15, 0.2) is 47.6 Å². The molecule has 0 bridgehead atoms. The lowest BCUT2D eigenvalue weighted by atomic mass is 10.1. The van der Waals surface area contributed by atoms with Gasteiger partial charge in [-0.1, -0.05) is 11.8 Å². The molecule has 0 spiro atoms. The molecule has 2 aromatic carbocycles. The topological polar surface area (TPSA) is 106 Å². The van der Waals surface area contributed by atoms with Crippen molar-refractivity contribution in [2.75, 3.05) is 10.8 Å². The summed E-state index contributed by atoms with van der Waals surface area (Å²) in [4.78, 5) is 12.2. The number of phenols is 2. The number of alkyl halides is 3. The van der Waals surface area contributed by atoms with E-state index in [1.165, 1.54) is 29.3 Å². The Morgan fingerprint density at radius 3 is 2.50 bits per heavy atom. The Kier molecular flexibility index (Phi) is 5.51. The summed E-state index contributed by atoms with van der Waals surface area (Å²) in [6.45, 7) is 0. The highest BCUT2D eigenvalue weighted by atomic mass is 32.2. The molecule has 1 aliphatic rings. The summed E-state index contributed by atoms with van der Waals surface area (Å²) in [5.74, 6) is -1.44. The minimum absolute atomic E-state index is 0.0296. The predicted octanol–water partition coefficient (Wildman–Crippen LogP) is 2.71. The molecule has 4 N–H and O–H groups in total. The zero-order valence-electron chi connectivity index (χ0n) is 13.9. The Morgan fingerprint density at radius 2 is 1.86 bits per heavy atom. The molecule has 0 radical (unpaired) electrons. The van der Waals surface area contributed by atoms with E-state index in [9.17, 15) is 28.2 Å². The van der Waals surface area contributed by atoms with Crippen molar-refractivity contribution in [2.45, 2.75) is 6.36 Å². The molecule has 3 rings (SSSR count). The summed E-state index contributed by atoms with van der Waals surface area (Å²) in [5.41, 5.74) is 5.85. The number of hydrogen-bond donors (Lipinski definition) is 4. The highest BCUT2D eigenvalue weighted by Crippen LogP contribution is 2.28. The number of hydrazine groups is 2. The molecule has 0 unspecified atom stereocenters. The predicted molar refractivity (Wildman–Crippen MR) is 95.9 cm³/mol. The lowest BCUT2D eigenvalue weighted by Crippen LogP contribution is -2.40. The van der Waals surface area contributed by atoms with E-state index in [-0.39, 0.29) is 28.6 Å². The number of phenolic OH excluding ortho intramolecular Hbond substituents is 2. The molecule has 0 amide bonds. The number of hydrogen-bond acceptors (Lipinski definition) is 9. The third-order valence-corrected chi connectivity index (χ3v) is 4.40. The molecule has 1 aliphatic heterocycles. The first-order chi connectivity index (χ1) is 13.2. The van der Waals surface area contributed by atoms with Gasteiger partial charge in [0.15, 0.2) is 17.3 Å². The maximum atomic E-state index is 12.2. The van der Waals surface area contributed by atoms with Crippen LogP contribution >= 0.6 is 11.8 Å². The summed E-state index contributed by atoms with van der Waals surface area (Å²) in [6.07, 6.45) is -4.78. The number of ether oxygens (including phenoxy) is 1. The first-order valence-electron chi connectivity index (χ1n) is 7.65. The van der Waals surface area contributed by atoms with Gasteiger partial charge in [-0.2, -0.15) is 0 Å². The van der Waals surface area contributed by atoms with Gasteiger partial charge < -0.3 is 14.9 Å². The molecule has 0 fully saturated rings. The number of carbonyl (C=O) groups is 1. The molecule has 28 heavy (non-hydrogen) atoms. The van der Waals surface area contributed by atoms with Crippen LogP contribution in [0.5, 0.6) is 17.2 Å². The molecule has 0 aromatic heterocycles. The van der Waals surface area contributed by atoms with E-state index in [1.54, 1.807) is 0 Å². The zero-order valence-corrected chi connectivity index (χ0v) is 14.7. The van der Waals surface area contributed by atoms with Crippen molar-refractivity contribution in [2.24, 2.45) is 5.10 Å². The van der Waals surface area contributed by atoms with E-state index in [2.05, 4.69) is 20.9 Å². The van der Waals surface area contributed by atoms with Gasteiger partial charge in [0, 0.05) is 5.56 Å². The maximum Gasteiger partial charge on any atom is 0.573 e. The quantitative estimate of drug-likeness (QED) is 0.437. The molecule has 2 aromatic rings. The fourth-order valence-corrected chi connectivity index (χ4v) is 3.02. The average Bonchev–Trinajstić information content (AvgIpc) is 3.10. The van der Waals surface area contributed by atoms with Gasteiger partial charge in [-0.25, -0.2) is 10.5 Å². The number of anilines is 1. The molecule has 148 valence electrons. The van der Waals surface area contributed by atoms with Gasteiger partial charge in [0.2, 0.25) is 5.17 Å². The maximum absolute atomic E-state index is 12.2. The van der Waals surface area contributed by atoms with Crippen molar-refractivity contribution in [1.82, 2.24) is 11.1 Å². The monoisotopic (exact) mass is 414 g/mol. The Hall–Kier alpha value is -3.12. The van der Waals surface area contributed by atoms with Crippen LogP contribution in [0.4, 0.5) is 18.9 Å². The number of aromatic hydroxyl groups is 2. The second-order valence-corrected chi connectivity index (χ2v) is 6.35. The third kappa shape index (κ3) is 4.78. The van der Waals surface area contributed by atoms with Crippen LogP contribution in [0.2, 0.25) is 0 Å². The highest BCUT2D eigenvalue weighted by Gasteiger charge is 2.31. The Morgan fingerprint density at radius 1 is 1.14 bits per heavy atom. The van der Waals surface area contributed by atoms with E-state index in [1.807, 2.05) is 0 Å². The summed E-state index contributed by atoms with van der Waals surface area (Å²) in [5, 5.41) is 24.5. The summed E-state index contributed by atoms with van der Waals surface area (Å²) in [6, 6.07) is 8.81. The lowest BCUT2D eigenvalue weighted by Gasteiger charge is -2.18. The van der Waals surface area contributed by atoms with E-state index in [0.29, 0.717) is 10.9 Å². The van der Waals surface area contributed by atoms with Gasteiger partial charge in [0.1, 0.15) is 5.75 Å². The normalized spacial score (nSPS) is 13.8. The minimum atomic E-state index is -4.78. The van der Waals surface area contributed by atoms with E-state index >= 15 is 0 Å². The van der Waals surface area contributed by atoms with Crippen LogP contribution in [0.3, 0.4) is 0 Å². The lowest BCUT2D eigenvalue weighted by molar-refractivity contribution is -0.274. The van der Waals surface area contributed by atoms with Crippen LogP contribution in [0, 0.1) is 0 Å². The number of benzene rings is 2. The number of Topliss-reactive ketones (excluding diaryl/α,β-unsaturated/α-hetero) is 1. The number of nitrogens with zero attached hydrogens (tertiary/aromatic N) is 2. The number of rotatable bonds is 5. The Labute approximate surface area is 160 Å². The number of hydrazone groups is 1. The van der Waals surface area contributed by atoms with E-state index in [4.69, 9.17) is 0 Å². The van der Waals surface area contributed by atoms with Gasteiger partial charge in [0.25, 0.3) is 0 Å². The number of ketones is 1. The van der Waals surface area contributed by atoms with Crippen LogP contribution < -0.4 is 20.8 Å². The number of halogens is 3. The molecule has 1 heterocycles. The zero-order chi connectivity index (χ0) is 20.3. The molecule has 0 saturated carbocycles. The number of carbonyl (C=O) groups excluding carboxylic acids is 1. The van der Waals surface area contributed by atoms with Crippen LogP contribution in [0.25, 0.3) is 0 Å². The van der Waals surface area contributed by atoms with Crippen molar-refractivity contribution in [3.8, 4) is 17.2 Å². The van der Waals surface area contributed by atoms with E-state index < -0.39 is 12.1 Å². The van der Waals surface area contributed by atoms with Crippen LogP contribution in [0.1, 0.15) is 10.4 Å². The van der Waals surface area contributed by atoms with Gasteiger partial charge in [-0.15, -0.1) is 23.8 Å². The molecule has 8 nitrogen and oxygen atoms in total. The first kappa shape index (κ1) is 19.6. The van der Waals surface area contributed by atoms with Crippen molar-refractivity contribution >= 4 is 28.4 Å². The highest BCUT2D eigenvalue weighted by molar-refractivity contribution is 8.14. The second kappa shape index (κ2) is 7.86. The smallest absolute Gasteiger partial charge is 0.504 e. The van der Waals surface area contributed by atoms with Crippen molar-refractivity contribution in [3.63, 3.8) is 0 Å². The molecule has 0 aliphatic carbocycles. The van der Waals surface area contributed by atoms with Crippen molar-refractivity contribution in [3.05, 3.63) is 48.0 Å². The van der Waals surface area contributed by atoms with Crippen LogP contribution in [-0.2, 0) is 0 Å². The molecule has 12 heteroatoms. The van der Waals surface area contributed by atoms with E-state index in [0.717, 1.165) is 30.0 Å². The SMILES string of the molecule is O=C(CSC1=NNNN1c1ccc(OC(F)(F)F)cc1)c1ccc(O)c(O)c1. The first-order valence-corrected chi connectivity index (χ1v) is 8.64. The Bertz CT molecular complexity index is 906. The van der Waals surface area contributed by atoms with Crippen LogP contribution in [-0.4, -0.2) is 33.3 Å². The standard InChI is InChI=1S/C16H13F3N4O4S/c17-16(18,19)27-11-4-2-10(3-5-11)23-15(20-21-22-23)28-8-14(26)9-1-6-12(24)13(25)7-9/h1-7,21-22,24-25H,8H2. The molecular formula is C16H13F3N4O4S. The Balaban J connectivity index is 1.63. The van der Waals surface area contributed by atoms with Gasteiger partial charge in [0.05, 0.1) is 11.4 Å². The summed E-state index contributed by atoms with van der Waals surface area (Å²) >= 11 is 1.06. The summed E-state index contributed by atoms with van der Waals surface area (Å²) in [7, 11) is 0. The molecular weight excluding hydrogens is 401 g/mol. The largest absolute Gasteiger partial charge is 0.573 e. The molecule has 0 atom stereocenters. The van der Waals surface area contributed by atoms with Crippen molar-refractivity contribution in [1.29, 1.82) is 0 Å². The number of amidine groups is 1. The molecule has 0 saturated heterocycles. The average molecular weight is 414 g/mol. The fourth-order valence-electron chi connectivity index (χ4n) is 2.20. The van der Waals surface area contributed by atoms with Gasteiger partial charge >= 0.3 is 6.36 Å². The summed E-state index contributed by atoms with van der Waals surface area (Å²) < 4.78 is 40.5.